The third-order valence-corrected chi connectivity index (χ3v) is 2.88. The summed E-state index contributed by atoms with van der Waals surface area (Å²) in [7, 11) is 0. The zero-order valence-corrected chi connectivity index (χ0v) is 12.1. The van der Waals surface area contributed by atoms with Crippen LogP contribution in [0.1, 0.15) is 36.0 Å². The molecule has 0 radical (unpaired) electrons. The molecule has 0 heterocycles. The summed E-state index contributed by atoms with van der Waals surface area (Å²) >= 11 is 0. The molecular formula is C15H19FN2O4. The molecule has 7 heteroatoms. The molecule has 120 valence electrons. The molecule has 0 bridgehead atoms. The van der Waals surface area contributed by atoms with Gasteiger partial charge in [0, 0.05) is 31.5 Å². The number of carbonyl (C=O) groups is 3. The molecule has 0 spiro atoms. The van der Waals surface area contributed by atoms with E-state index in [9.17, 15) is 18.8 Å². The minimum Gasteiger partial charge on any atom is -0.481 e. The van der Waals surface area contributed by atoms with Crippen LogP contribution in [0.15, 0.2) is 24.3 Å². The van der Waals surface area contributed by atoms with Crippen molar-refractivity contribution in [3.05, 3.63) is 35.6 Å². The molecule has 3 N–H and O–H groups in total. The van der Waals surface area contributed by atoms with E-state index in [0.717, 1.165) is 0 Å². The third kappa shape index (κ3) is 7.37. The van der Waals surface area contributed by atoms with Crippen LogP contribution in [-0.2, 0) is 9.59 Å². The largest absolute Gasteiger partial charge is 0.481 e. The molecule has 0 saturated carbocycles. The van der Waals surface area contributed by atoms with Crippen LogP contribution in [0.2, 0.25) is 0 Å². The number of hydrogen-bond acceptors (Lipinski definition) is 3. The third-order valence-electron chi connectivity index (χ3n) is 2.88. The van der Waals surface area contributed by atoms with Crippen molar-refractivity contribution in [2.75, 3.05) is 13.1 Å². The van der Waals surface area contributed by atoms with Gasteiger partial charge in [-0.15, -0.1) is 0 Å². The van der Waals surface area contributed by atoms with Crippen LogP contribution in [-0.4, -0.2) is 36.0 Å². The van der Waals surface area contributed by atoms with Crippen molar-refractivity contribution in [3.8, 4) is 0 Å². The Labute approximate surface area is 127 Å². The summed E-state index contributed by atoms with van der Waals surface area (Å²) in [6.45, 7) is 0.543. The number of aliphatic carboxylic acids is 1. The minimum absolute atomic E-state index is 0.0566. The molecule has 1 rings (SSSR count). The zero-order chi connectivity index (χ0) is 16.4. The SMILES string of the molecule is O=C(O)CCCCC(=O)NCCNC(=O)c1ccc(F)cc1. The summed E-state index contributed by atoms with van der Waals surface area (Å²) in [5, 5.41) is 13.7. The highest BCUT2D eigenvalue weighted by molar-refractivity contribution is 5.94. The van der Waals surface area contributed by atoms with Gasteiger partial charge in [0.25, 0.3) is 5.91 Å². The van der Waals surface area contributed by atoms with Crippen molar-refractivity contribution in [3.63, 3.8) is 0 Å². The molecule has 22 heavy (non-hydrogen) atoms. The summed E-state index contributed by atoms with van der Waals surface area (Å²) in [6, 6.07) is 5.17. The van der Waals surface area contributed by atoms with Crippen molar-refractivity contribution < 1.29 is 23.9 Å². The van der Waals surface area contributed by atoms with E-state index in [0.29, 0.717) is 18.4 Å². The second-order valence-electron chi connectivity index (χ2n) is 4.71. The van der Waals surface area contributed by atoms with E-state index in [2.05, 4.69) is 10.6 Å². The quantitative estimate of drug-likeness (QED) is 0.599. The highest BCUT2D eigenvalue weighted by Crippen LogP contribution is 2.02. The number of carbonyl (C=O) groups excluding carboxylic acids is 2. The fourth-order valence-corrected chi connectivity index (χ4v) is 1.73. The van der Waals surface area contributed by atoms with E-state index in [-0.39, 0.29) is 37.7 Å². The first-order chi connectivity index (χ1) is 10.5. The lowest BCUT2D eigenvalue weighted by Gasteiger charge is -2.07. The number of nitrogens with one attached hydrogen (secondary N) is 2. The summed E-state index contributed by atoms with van der Waals surface area (Å²) < 4.78 is 12.7. The van der Waals surface area contributed by atoms with E-state index in [1.165, 1.54) is 24.3 Å². The zero-order valence-electron chi connectivity index (χ0n) is 12.1. The van der Waals surface area contributed by atoms with E-state index in [1.807, 2.05) is 0 Å². The molecule has 1 aromatic carbocycles. The Kier molecular flexibility index (Phi) is 7.60. The number of halogens is 1. The molecule has 1 aromatic rings. The fraction of sp³-hybridized carbons (Fsp3) is 0.400. The maximum absolute atomic E-state index is 12.7. The van der Waals surface area contributed by atoms with Crippen LogP contribution < -0.4 is 10.6 Å². The highest BCUT2D eigenvalue weighted by Gasteiger charge is 2.05. The average Bonchev–Trinajstić information content (AvgIpc) is 2.48. The average molecular weight is 310 g/mol. The number of carboxylic acid groups (broad SMARTS) is 1. The van der Waals surface area contributed by atoms with Crippen molar-refractivity contribution >= 4 is 17.8 Å². The van der Waals surface area contributed by atoms with Gasteiger partial charge in [-0.25, -0.2) is 4.39 Å². The van der Waals surface area contributed by atoms with E-state index in [1.54, 1.807) is 0 Å². The number of hydrogen-bond donors (Lipinski definition) is 3. The van der Waals surface area contributed by atoms with Gasteiger partial charge in [0.15, 0.2) is 0 Å². The van der Waals surface area contributed by atoms with Crippen LogP contribution in [0.5, 0.6) is 0 Å². The Hall–Kier alpha value is -2.44. The van der Waals surface area contributed by atoms with Gasteiger partial charge in [0.2, 0.25) is 5.91 Å². The topological polar surface area (TPSA) is 95.5 Å². The standard InChI is InChI=1S/C15H19FN2O4/c16-12-7-5-11(6-8-12)15(22)18-10-9-17-13(19)3-1-2-4-14(20)21/h5-8H,1-4,9-10H2,(H,17,19)(H,18,22)(H,20,21). The van der Waals surface area contributed by atoms with E-state index in [4.69, 9.17) is 5.11 Å². The minimum atomic E-state index is -0.871. The van der Waals surface area contributed by atoms with Gasteiger partial charge in [-0.05, 0) is 37.1 Å². The number of rotatable bonds is 9. The highest BCUT2D eigenvalue weighted by atomic mass is 19.1. The summed E-state index contributed by atoms with van der Waals surface area (Å²) in [4.78, 5) is 33.4. The fourth-order valence-electron chi connectivity index (χ4n) is 1.73. The Balaban J connectivity index is 2.11. The van der Waals surface area contributed by atoms with Gasteiger partial charge in [-0.3, -0.25) is 14.4 Å². The molecule has 0 aliphatic heterocycles. The Morgan fingerprint density at radius 2 is 1.55 bits per heavy atom. The molecule has 0 aliphatic carbocycles. The maximum Gasteiger partial charge on any atom is 0.303 e. The molecule has 0 aromatic heterocycles. The molecule has 0 atom stereocenters. The number of carboxylic acids is 1. The normalized spacial score (nSPS) is 10.0. The predicted octanol–water partition coefficient (Wildman–Crippen LogP) is 1.32. The van der Waals surface area contributed by atoms with Crippen LogP contribution in [0.25, 0.3) is 0 Å². The molecule has 0 fully saturated rings. The van der Waals surface area contributed by atoms with Crippen molar-refractivity contribution in [2.45, 2.75) is 25.7 Å². The molecule has 2 amide bonds. The molecule has 6 nitrogen and oxygen atoms in total. The first kappa shape index (κ1) is 17.6. The van der Waals surface area contributed by atoms with Gasteiger partial charge in [-0.2, -0.15) is 0 Å². The van der Waals surface area contributed by atoms with Crippen LogP contribution in [0, 0.1) is 5.82 Å². The van der Waals surface area contributed by atoms with Gasteiger partial charge in [0.1, 0.15) is 5.82 Å². The second-order valence-corrected chi connectivity index (χ2v) is 4.71. The number of benzene rings is 1. The lowest BCUT2D eigenvalue weighted by molar-refractivity contribution is -0.137. The Bertz CT molecular complexity index is 517. The van der Waals surface area contributed by atoms with Crippen LogP contribution in [0.3, 0.4) is 0 Å². The first-order valence-electron chi connectivity index (χ1n) is 7.01. The van der Waals surface area contributed by atoms with Crippen molar-refractivity contribution in [1.29, 1.82) is 0 Å². The van der Waals surface area contributed by atoms with Gasteiger partial charge in [-0.1, -0.05) is 0 Å². The summed E-state index contributed by atoms with van der Waals surface area (Å²) in [6.07, 6.45) is 1.30. The van der Waals surface area contributed by atoms with Crippen LogP contribution >= 0.6 is 0 Å². The van der Waals surface area contributed by atoms with E-state index < -0.39 is 11.8 Å². The van der Waals surface area contributed by atoms with Gasteiger partial charge >= 0.3 is 5.97 Å². The van der Waals surface area contributed by atoms with Crippen LogP contribution in [0.4, 0.5) is 4.39 Å². The van der Waals surface area contributed by atoms with Crippen molar-refractivity contribution in [2.24, 2.45) is 0 Å². The second kappa shape index (κ2) is 9.49. The molecule has 0 saturated heterocycles. The first-order valence-corrected chi connectivity index (χ1v) is 7.01. The summed E-state index contributed by atoms with van der Waals surface area (Å²) in [5.74, 6) is -1.80. The summed E-state index contributed by atoms with van der Waals surface area (Å²) in [5.41, 5.74) is 0.349. The van der Waals surface area contributed by atoms with Gasteiger partial charge in [0.05, 0.1) is 0 Å². The van der Waals surface area contributed by atoms with Gasteiger partial charge < -0.3 is 15.7 Å². The van der Waals surface area contributed by atoms with E-state index >= 15 is 0 Å². The maximum atomic E-state index is 12.7. The number of unbranched alkanes of at least 4 members (excludes halogenated alkanes) is 1. The predicted molar refractivity (Wildman–Crippen MR) is 77.8 cm³/mol. The molecular weight excluding hydrogens is 291 g/mol. The van der Waals surface area contributed by atoms with Crippen molar-refractivity contribution in [1.82, 2.24) is 10.6 Å². The monoisotopic (exact) mass is 310 g/mol. The Morgan fingerprint density at radius 1 is 0.955 bits per heavy atom. The smallest absolute Gasteiger partial charge is 0.303 e. The Morgan fingerprint density at radius 3 is 2.18 bits per heavy atom. The molecule has 0 unspecified atom stereocenters. The lowest BCUT2D eigenvalue weighted by atomic mass is 10.2. The number of amides is 2. The lowest BCUT2D eigenvalue weighted by Crippen LogP contribution is -2.34. The molecule has 0 aliphatic rings.